The molecule has 0 saturated carbocycles. The van der Waals surface area contributed by atoms with E-state index in [1.165, 1.54) is 37.1 Å². The molecule has 5 nitrogen and oxygen atoms in total. The maximum atomic E-state index is 12.9. The zero-order valence-corrected chi connectivity index (χ0v) is 16.6. The molecule has 3 aromatic rings. The van der Waals surface area contributed by atoms with Crippen molar-refractivity contribution in [3.63, 3.8) is 0 Å². The second-order valence-corrected chi connectivity index (χ2v) is 7.33. The van der Waals surface area contributed by atoms with Gasteiger partial charge < -0.3 is 10.2 Å². The molecule has 0 aliphatic carbocycles. The van der Waals surface area contributed by atoms with E-state index in [-0.39, 0.29) is 11.1 Å². The molecule has 1 saturated heterocycles. The van der Waals surface area contributed by atoms with E-state index < -0.39 is 12.3 Å². The monoisotopic (exact) mass is 408 g/mol. The third-order valence-corrected chi connectivity index (χ3v) is 5.23. The number of benzene rings is 1. The van der Waals surface area contributed by atoms with Crippen molar-refractivity contribution in [2.75, 3.05) is 23.3 Å². The van der Waals surface area contributed by atoms with Gasteiger partial charge in [-0.15, -0.1) is 0 Å². The van der Waals surface area contributed by atoms with Crippen LogP contribution in [0, 0.1) is 6.92 Å². The van der Waals surface area contributed by atoms with Gasteiger partial charge in [0.2, 0.25) is 0 Å². The maximum Gasteiger partial charge on any atom is 0.263 e. The minimum atomic E-state index is -2.62. The van der Waals surface area contributed by atoms with Gasteiger partial charge in [-0.1, -0.05) is 12.1 Å². The number of halogens is 2. The molecule has 0 unspecified atom stereocenters. The Morgan fingerprint density at radius 2 is 1.90 bits per heavy atom. The Balaban J connectivity index is 1.59. The molecular formula is C23H22F2N4O. The third-order valence-electron chi connectivity index (χ3n) is 5.23. The molecule has 1 fully saturated rings. The van der Waals surface area contributed by atoms with Crippen LogP contribution in [0.4, 0.5) is 20.3 Å². The number of hydrogen-bond donors (Lipinski definition) is 1. The van der Waals surface area contributed by atoms with Crippen molar-refractivity contribution in [1.29, 1.82) is 0 Å². The molecule has 1 aliphatic rings. The number of carbonyl (C=O) groups is 1. The number of amides is 1. The lowest BCUT2D eigenvalue weighted by Crippen LogP contribution is -2.18. The number of carbonyl (C=O) groups excluding carboxylic acids is 1. The Bertz CT molecular complexity index is 1060. The smallest absolute Gasteiger partial charge is 0.263 e. The van der Waals surface area contributed by atoms with Gasteiger partial charge in [0.15, 0.2) is 0 Å². The number of pyridine rings is 2. The second kappa shape index (κ2) is 8.57. The van der Waals surface area contributed by atoms with Crippen LogP contribution in [-0.2, 0) is 0 Å². The molecule has 30 heavy (non-hydrogen) atoms. The normalized spacial score (nSPS) is 13.7. The molecule has 0 bridgehead atoms. The summed E-state index contributed by atoms with van der Waals surface area (Å²) in [6.45, 7) is 3.91. The van der Waals surface area contributed by atoms with Crippen LogP contribution in [0.2, 0.25) is 0 Å². The molecule has 0 atom stereocenters. The number of aryl methyl sites for hydroxylation is 1. The van der Waals surface area contributed by atoms with E-state index in [1.807, 2.05) is 25.1 Å². The highest BCUT2D eigenvalue weighted by molar-refractivity contribution is 6.04. The van der Waals surface area contributed by atoms with Gasteiger partial charge in [-0.2, -0.15) is 0 Å². The molecular weight excluding hydrogens is 386 g/mol. The number of hydrogen-bond acceptors (Lipinski definition) is 4. The molecule has 0 spiro atoms. The first kappa shape index (κ1) is 19.9. The number of alkyl halides is 2. The van der Waals surface area contributed by atoms with Crippen molar-refractivity contribution in [3.05, 3.63) is 71.7 Å². The molecule has 1 aromatic carbocycles. The van der Waals surface area contributed by atoms with Gasteiger partial charge in [0.05, 0.1) is 11.9 Å². The van der Waals surface area contributed by atoms with E-state index in [0.29, 0.717) is 5.69 Å². The fourth-order valence-corrected chi connectivity index (χ4v) is 3.62. The van der Waals surface area contributed by atoms with E-state index in [1.54, 1.807) is 12.4 Å². The quantitative estimate of drug-likeness (QED) is 0.627. The molecule has 4 rings (SSSR count). The Kier molecular flexibility index (Phi) is 5.70. The minimum Gasteiger partial charge on any atom is -0.357 e. The van der Waals surface area contributed by atoms with Crippen molar-refractivity contribution in [2.45, 2.75) is 26.2 Å². The van der Waals surface area contributed by atoms with Gasteiger partial charge >= 0.3 is 0 Å². The van der Waals surface area contributed by atoms with Crippen LogP contribution >= 0.6 is 0 Å². The van der Waals surface area contributed by atoms with E-state index >= 15 is 0 Å². The Morgan fingerprint density at radius 1 is 1.10 bits per heavy atom. The van der Waals surface area contributed by atoms with E-state index in [4.69, 9.17) is 0 Å². The number of nitrogens with one attached hydrogen (secondary N) is 1. The Labute approximate surface area is 173 Å². The van der Waals surface area contributed by atoms with Gasteiger partial charge in [0, 0.05) is 41.7 Å². The predicted octanol–water partition coefficient (Wildman–Crippen LogP) is 5.24. The largest absolute Gasteiger partial charge is 0.357 e. The molecule has 1 N–H and O–H groups in total. The summed E-state index contributed by atoms with van der Waals surface area (Å²) in [5.74, 6) is 0.476. The first-order valence-electron chi connectivity index (χ1n) is 9.89. The van der Waals surface area contributed by atoms with Gasteiger partial charge in [-0.05, 0) is 55.7 Å². The Morgan fingerprint density at radius 3 is 2.67 bits per heavy atom. The van der Waals surface area contributed by atoms with Crippen LogP contribution < -0.4 is 10.2 Å². The number of aromatic nitrogens is 2. The highest BCUT2D eigenvalue weighted by Crippen LogP contribution is 2.29. The van der Waals surface area contributed by atoms with Crippen molar-refractivity contribution in [2.24, 2.45) is 0 Å². The average Bonchev–Trinajstić information content (AvgIpc) is 3.30. The van der Waals surface area contributed by atoms with Crippen LogP contribution in [-0.4, -0.2) is 29.0 Å². The first-order chi connectivity index (χ1) is 14.5. The summed E-state index contributed by atoms with van der Waals surface area (Å²) in [6.07, 6.45) is 3.06. The van der Waals surface area contributed by atoms with E-state index in [9.17, 15) is 13.6 Å². The predicted molar refractivity (Wildman–Crippen MR) is 113 cm³/mol. The zero-order valence-electron chi connectivity index (χ0n) is 16.6. The highest BCUT2D eigenvalue weighted by atomic mass is 19.3. The molecule has 7 heteroatoms. The summed E-state index contributed by atoms with van der Waals surface area (Å²) < 4.78 is 25.8. The summed E-state index contributed by atoms with van der Waals surface area (Å²) in [6, 6.07) is 11.3. The second-order valence-electron chi connectivity index (χ2n) is 7.33. The number of rotatable bonds is 5. The standard InChI is InChI=1S/C23H22F2N4O/c1-15-20(16-7-8-26-21(12-16)29-9-2-3-10-29)13-19(14-27-15)28-23(30)18-6-4-5-17(11-18)22(24)25/h4-8,11-14,22H,2-3,9-10H2,1H3,(H,28,30). The van der Waals surface area contributed by atoms with Crippen LogP contribution in [0.15, 0.2) is 54.9 Å². The van der Waals surface area contributed by atoms with Crippen LogP contribution in [0.25, 0.3) is 11.1 Å². The zero-order chi connectivity index (χ0) is 21.1. The molecule has 154 valence electrons. The van der Waals surface area contributed by atoms with Crippen molar-refractivity contribution in [3.8, 4) is 11.1 Å². The van der Waals surface area contributed by atoms with E-state index in [0.717, 1.165) is 35.7 Å². The fourth-order valence-electron chi connectivity index (χ4n) is 3.62. The van der Waals surface area contributed by atoms with Crippen molar-refractivity contribution < 1.29 is 13.6 Å². The van der Waals surface area contributed by atoms with Gasteiger partial charge in [0.25, 0.3) is 12.3 Å². The molecule has 1 aliphatic heterocycles. The van der Waals surface area contributed by atoms with Gasteiger partial charge in [0.1, 0.15) is 5.82 Å². The highest BCUT2D eigenvalue weighted by Gasteiger charge is 2.16. The SMILES string of the molecule is Cc1ncc(NC(=O)c2cccc(C(F)F)c2)cc1-c1ccnc(N2CCCC2)c1. The van der Waals surface area contributed by atoms with Gasteiger partial charge in [-0.3, -0.25) is 9.78 Å². The fraction of sp³-hybridized carbons (Fsp3) is 0.261. The Hall–Kier alpha value is -3.35. The topological polar surface area (TPSA) is 58.1 Å². The third kappa shape index (κ3) is 4.30. The lowest BCUT2D eigenvalue weighted by molar-refractivity contribution is 0.102. The minimum absolute atomic E-state index is 0.176. The van der Waals surface area contributed by atoms with Crippen molar-refractivity contribution >= 4 is 17.4 Å². The summed E-state index contributed by atoms with van der Waals surface area (Å²) in [7, 11) is 0. The maximum absolute atomic E-state index is 12.9. The average molecular weight is 408 g/mol. The molecule has 0 radical (unpaired) electrons. The molecule has 2 aromatic heterocycles. The van der Waals surface area contributed by atoms with Crippen LogP contribution in [0.3, 0.4) is 0 Å². The first-order valence-corrected chi connectivity index (χ1v) is 9.89. The summed E-state index contributed by atoms with van der Waals surface area (Å²) >= 11 is 0. The lowest BCUT2D eigenvalue weighted by atomic mass is 10.0. The van der Waals surface area contributed by atoms with Crippen LogP contribution in [0.1, 0.15) is 40.9 Å². The summed E-state index contributed by atoms with van der Waals surface area (Å²) in [5.41, 5.74) is 3.17. The summed E-state index contributed by atoms with van der Waals surface area (Å²) in [4.78, 5) is 23.7. The van der Waals surface area contributed by atoms with Crippen molar-refractivity contribution in [1.82, 2.24) is 9.97 Å². The molecule has 3 heterocycles. The van der Waals surface area contributed by atoms with E-state index in [2.05, 4.69) is 20.2 Å². The number of anilines is 2. The lowest BCUT2D eigenvalue weighted by Gasteiger charge is -2.17. The van der Waals surface area contributed by atoms with Crippen LogP contribution in [0.5, 0.6) is 0 Å². The summed E-state index contributed by atoms with van der Waals surface area (Å²) in [5, 5.41) is 2.76. The number of nitrogens with zero attached hydrogens (tertiary/aromatic N) is 3. The molecule has 1 amide bonds. The van der Waals surface area contributed by atoms with Gasteiger partial charge in [-0.25, -0.2) is 13.8 Å².